The fourth-order valence-corrected chi connectivity index (χ4v) is 3.87. The second kappa shape index (κ2) is 8.82. The Morgan fingerprint density at radius 3 is 2.48 bits per heavy atom. The minimum Gasteiger partial charge on any atom is -0.493 e. The van der Waals surface area contributed by atoms with Crippen molar-refractivity contribution >= 4 is 17.3 Å². The molecule has 5 heteroatoms. The summed E-state index contributed by atoms with van der Waals surface area (Å²) < 4.78 is 5.84. The fourth-order valence-electron chi connectivity index (χ4n) is 2.82. The number of aliphatic carboxylic acids is 1. The van der Waals surface area contributed by atoms with Gasteiger partial charge in [0.2, 0.25) is 0 Å². The van der Waals surface area contributed by atoms with Gasteiger partial charge < -0.3 is 9.84 Å². The van der Waals surface area contributed by atoms with Gasteiger partial charge in [-0.3, -0.25) is 4.79 Å². The molecule has 1 unspecified atom stereocenters. The molecule has 0 spiro atoms. The van der Waals surface area contributed by atoms with E-state index in [-0.39, 0.29) is 0 Å². The molecule has 3 rings (SSSR count). The molecule has 140 valence electrons. The summed E-state index contributed by atoms with van der Waals surface area (Å²) in [5.74, 6) is -0.598. The van der Waals surface area contributed by atoms with E-state index in [0.29, 0.717) is 6.61 Å². The minimum absolute atomic E-state index is 0.516. The highest BCUT2D eigenvalue weighted by atomic mass is 32.1. The summed E-state index contributed by atoms with van der Waals surface area (Å²) in [5.41, 5.74) is 3.01. The van der Waals surface area contributed by atoms with Crippen molar-refractivity contribution in [1.29, 1.82) is 0 Å². The smallest absolute Gasteiger partial charge is 0.310 e. The number of hydrogen-bond acceptors (Lipinski definition) is 4. The molecule has 27 heavy (non-hydrogen) atoms. The van der Waals surface area contributed by atoms with Crippen LogP contribution in [0.25, 0.3) is 10.6 Å². The first-order valence-corrected chi connectivity index (χ1v) is 9.89. The van der Waals surface area contributed by atoms with Crippen molar-refractivity contribution in [3.63, 3.8) is 0 Å². The van der Waals surface area contributed by atoms with Crippen molar-refractivity contribution in [2.24, 2.45) is 0 Å². The van der Waals surface area contributed by atoms with E-state index in [1.807, 2.05) is 42.5 Å². The number of aromatic nitrogens is 1. The highest BCUT2D eigenvalue weighted by molar-refractivity contribution is 7.15. The van der Waals surface area contributed by atoms with Gasteiger partial charge >= 0.3 is 5.97 Å². The lowest BCUT2D eigenvalue weighted by Gasteiger charge is -2.09. The number of ether oxygens (including phenoxy) is 1. The maximum Gasteiger partial charge on any atom is 0.310 e. The molecule has 0 amide bonds. The quantitative estimate of drug-likeness (QED) is 0.584. The standard InChI is InChI=1S/C22H23NO3S/c1-3-20-19(23-21(27-20)17-7-5-4-6-8-17)13-14-26-18-11-9-16(10-12-18)15(2)22(24)25/h4-12,15H,3,13-14H2,1-2H3,(H,24,25). The Bertz CT molecular complexity index is 888. The molecule has 1 aromatic heterocycles. The van der Waals surface area contributed by atoms with E-state index in [1.54, 1.807) is 18.3 Å². The van der Waals surface area contributed by atoms with Crippen LogP contribution in [0.15, 0.2) is 54.6 Å². The Morgan fingerprint density at radius 2 is 1.85 bits per heavy atom. The normalized spacial score (nSPS) is 11.9. The van der Waals surface area contributed by atoms with Gasteiger partial charge in [-0.25, -0.2) is 4.98 Å². The van der Waals surface area contributed by atoms with Crippen LogP contribution < -0.4 is 4.74 Å². The zero-order chi connectivity index (χ0) is 19.2. The van der Waals surface area contributed by atoms with Crippen molar-refractivity contribution in [1.82, 2.24) is 4.98 Å². The molecule has 3 aromatic rings. The number of benzene rings is 2. The van der Waals surface area contributed by atoms with Crippen LogP contribution in [0.4, 0.5) is 0 Å². The van der Waals surface area contributed by atoms with Crippen LogP contribution in [-0.4, -0.2) is 22.7 Å². The molecule has 1 heterocycles. The lowest BCUT2D eigenvalue weighted by atomic mass is 10.0. The van der Waals surface area contributed by atoms with Crippen LogP contribution in [0.3, 0.4) is 0 Å². The van der Waals surface area contributed by atoms with E-state index in [4.69, 9.17) is 14.8 Å². The predicted molar refractivity (Wildman–Crippen MR) is 109 cm³/mol. The topological polar surface area (TPSA) is 59.4 Å². The Labute approximate surface area is 163 Å². The second-order valence-corrected chi connectivity index (χ2v) is 7.42. The van der Waals surface area contributed by atoms with E-state index in [1.165, 1.54) is 4.88 Å². The van der Waals surface area contributed by atoms with Crippen molar-refractivity contribution in [2.45, 2.75) is 32.6 Å². The molecule has 0 radical (unpaired) electrons. The van der Waals surface area contributed by atoms with Gasteiger partial charge in [0, 0.05) is 16.9 Å². The molecule has 0 aliphatic carbocycles. The average Bonchev–Trinajstić information content (AvgIpc) is 3.12. The van der Waals surface area contributed by atoms with Gasteiger partial charge in [-0.1, -0.05) is 49.4 Å². The predicted octanol–water partition coefficient (Wildman–Crippen LogP) is 5.18. The van der Waals surface area contributed by atoms with Gasteiger partial charge in [-0.2, -0.15) is 0 Å². The summed E-state index contributed by atoms with van der Waals surface area (Å²) in [6.07, 6.45) is 1.71. The third kappa shape index (κ3) is 4.74. The van der Waals surface area contributed by atoms with Gasteiger partial charge in [-0.15, -0.1) is 11.3 Å². The minimum atomic E-state index is -0.825. The van der Waals surface area contributed by atoms with Crippen molar-refractivity contribution in [3.05, 3.63) is 70.7 Å². The van der Waals surface area contributed by atoms with Crippen LogP contribution in [-0.2, 0) is 17.6 Å². The van der Waals surface area contributed by atoms with Gasteiger partial charge in [0.25, 0.3) is 0 Å². The Morgan fingerprint density at radius 1 is 1.15 bits per heavy atom. The number of hydrogen-bond donors (Lipinski definition) is 1. The van der Waals surface area contributed by atoms with Crippen LogP contribution in [0.1, 0.15) is 35.9 Å². The number of nitrogens with zero attached hydrogens (tertiary/aromatic N) is 1. The molecular weight excluding hydrogens is 358 g/mol. The molecule has 1 N–H and O–H groups in total. The summed E-state index contributed by atoms with van der Waals surface area (Å²) in [4.78, 5) is 17.1. The Balaban J connectivity index is 1.62. The fraction of sp³-hybridized carbons (Fsp3) is 0.273. The number of carbonyl (C=O) groups is 1. The summed E-state index contributed by atoms with van der Waals surface area (Å²) in [6.45, 7) is 4.37. The molecule has 0 aliphatic heterocycles. The third-order valence-corrected chi connectivity index (χ3v) is 5.77. The third-order valence-electron chi connectivity index (χ3n) is 4.48. The van der Waals surface area contributed by atoms with Gasteiger partial charge in [0.15, 0.2) is 0 Å². The second-order valence-electron chi connectivity index (χ2n) is 6.34. The SMILES string of the molecule is CCc1sc(-c2ccccc2)nc1CCOc1ccc(C(C)C(=O)O)cc1. The zero-order valence-electron chi connectivity index (χ0n) is 15.5. The largest absolute Gasteiger partial charge is 0.493 e. The Hall–Kier alpha value is -2.66. The number of rotatable bonds is 8. The molecule has 4 nitrogen and oxygen atoms in total. The molecular formula is C22H23NO3S. The van der Waals surface area contributed by atoms with Gasteiger partial charge in [0.05, 0.1) is 18.2 Å². The Kier molecular flexibility index (Phi) is 6.24. The zero-order valence-corrected chi connectivity index (χ0v) is 16.3. The maximum absolute atomic E-state index is 11.0. The molecule has 1 atom stereocenters. The first-order valence-electron chi connectivity index (χ1n) is 9.08. The first kappa shape index (κ1) is 19.1. The van der Waals surface area contributed by atoms with Gasteiger partial charge in [-0.05, 0) is 31.0 Å². The van der Waals surface area contributed by atoms with Crippen LogP contribution in [0, 0.1) is 0 Å². The van der Waals surface area contributed by atoms with Crippen molar-refractivity contribution < 1.29 is 14.6 Å². The van der Waals surface area contributed by atoms with Crippen LogP contribution in [0.5, 0.6) is 5.75 Å². The van der Waals surface area contributed by atoms with E-state index in [9.17, 15) is 4.79 Å². The molecule has 2 aromatic carbocycles. The lowest BCUT2D eigenvalue weighted by molar-refractivity contribution is -0.138. The van der Waals surface area contributed by atoms with E-state index < -0.39 is 11.9 Å². The molecule has 0 bridgehead atoms. The highest BCUT2D eigenvalue weighted by Gasteiger charge is 2.14. The summed E-state index contributed by atoms with van der Waals surface area (Å²) in [7, 11) is 0. The summed E-state index contributed by atoms with van der Waals surface area (Å²) in [6, 6.07) is 17.5. The first-order chi connectivity index (χ1) is 13.1. The monoisotopic (exact) mass is 381 g/mol. The number of aryl methyl sites for hydroxylation is 1. The molecule has 0 saturated heterocycles. The number of thiazole rings is 1. The van der Waals surface area contributed by atoms with E-state index >= 15 is 0 Å². The number of carboxylic acids is 1. The highest BCUT2D eigenvalue weighted by Crippen LogP contribution is 2.29. The lowest BCUT2D eigenvalue weighted by Crippen LogP contribution is -2.07. The van der Waals surface area contributed by atoms with Gasteiger partial charge in [0.1, 0.15) is 10.8 Å². The summed E-state index contributed by atoms with van der Waals surface area (Å²) in [5, 5.41) is 10.1. The summed E-state index contributed by atoms with van der Waals surface area (Å²) >= 11 is 1.74. The van der Waals surface area contributed by atoms with E-state index in [0.717, 1.165) is 40.4 Å². The molecule has 0 fully saturated rings. The van der Waals surface area contributed by atoms with Crippen LogP contribution in [0.2, 0.25) is 0 Å². The van der Waals surface area contributed by atoms with E-state index in [2.05, 4.69) is 19.1 Å². The van der Waals surface area contributed by atoms with Crippen LogP contribution >= 0.6 is 11.3 Å². The maximum atomic E-state index is 11.0. The van der Waals surface area contributed by atoms with Crippen molar-refractivity contribution in [2.75, 3.05) is 6.61 Å². The molecule has 0 aliphatic rings. The average molecular weight is 381 g/mol. The number of carboxylic acid groups (broad SMARTS) is 1. The molecule has 0 saturated carbocycles. The van der Waals surface area contributed by atoms with Crippen molar-refractivity contribution in [3.8, 4) is 16.3 Å².